The number of ether oxygens (including phenoxy) is 1. The van der Waals surface area contributed by atoms with Gasteiger partial charge in [-0.05, 0) is 72.2 Å². The third-order valence-electron chi connectivity index (χ3n) is 6.19. The fourth-order valence-corrected chi connectivity index (χ4v) is 4.56. The Morgan fingerprint density at radius 1 is 1.00 bits per heavy atom. The van der Waals surface area contributed by atoms with Gasteiger partial charge in [-0.25, -0.2) is 0 Å². The second-order valence-electron chi connectivity index (χ2n) is 8.49. The van der Waals surface area contributed by atoms with Gasteiger partial charge >= 0.3 is 0 Å². The number of allylic oxidation sites excluding steroid dienone is 1. The minimum Gasteiger partial charge on any atom is -0.496 e. The van der Waals surface area contributed by atoms with Crippen molar-refractivity contribution in [2.24, 2.45) is 0 Å². The highest BCUT2D eigenvalue weighted by Crippen LogP contribution is 2.41. The molecule has 174 valence electrons. The minimum atomic E-state index is -0.230. The molecule has 0 bridgehead atoms. The quantitative estimate of drug-likeness (QED) is 0.257. The summed E-state index contributed by atoms with van der Waals surface area (Å²) >= 11 is 5.94. The molecule has 0 atom stereocenters. The van der Waals surface area contributed by atoms with Crippen LogP contribution in [0.4, 0.5) is 5.69 Å². The van der Waals surface area contributed by atoms with Crippen LogP contribution in [0.3, 0.4) is 0 Å². The Labute approximate surface area is 208 Å². The number of anilines is 1. The summed E-state index contributed by atoms with van der Waals surface area (Å²) in [6, 6.07) is 23.7. The normalized spacial score (nSPS) is 11.7. The zero-order valence-corrected chi connectivity index (χ0v) is 20.4. The summed E-state index contributed by atoms with van der Waals surface area (Å²) in [6.07, 6.45) is 3.37. The first-order valence-corrected chi connectivity index (χ1v) is 11.7. The van der Waals surface area contributed by atoms with Gasteiger partial charge in [0.2, 0.25) is 5.91 Å². The van der Waals surface area contributed by atoms with Gasteiger partial charge in [0.05, 0.1) is 13.4 Å². The summed E-state index contributed by atoms with van der Waals surface area (Å²) < 4.78 is 11.7. The molecule has 4 aromatic carbocycles. The second kappa shape index (κ2) is 9.32. The molecule has 1 N–H and O–H groups in total. The summed E-state index contributed by atoms with van der Waals surface area (Å²) in [7, 11) is 1.63. The van der Waals surface area contributed by atoms with Crippen LogP contribution in [0.5, 0.6) is 5.75 Å². The maximum absolute atomic E-state index is 12.7. The molecule has 4 nitrogen and oxygen atoms in total. The number of hydrogen-bond donors (Lipinski definition) is 1. The Morgan fingerprint density at radius 2 is 1.74 bits per heavy atom. The summed E-state index contributed by atoms with van der Waals surface area (Å²) in [4.78, 5) is 12.7. The van der Waals surface area contributed by atoms with E-state index >= 15 is 0 Å². The summed E-state index contributed by atoms with van der Waals surface area (Å²) in [5.41, 5.74) is 6.02. The molecular weight excluding hydrogens is 458 g/mol. The highest BCUT2D eigenvalue weighted by molar-refractivity contribution is 6.30. The summed E-state index contributed by atoms with van der Waals surface area (Å²) in [5.74, 6) is 0.455. The van der Waals surface area contributed by atoms with Gasteiger partial charge in [0.15, 0.2) is 0 Å². The molecule has 5 aromatic rings. The van der Waals surface area contributed by atoms with Gasteiger partial charge in [-0.15, -0.1) is 0 Å². The molecule has 1 aromatic heterocycles. The van der Waals surface area contributed by atoms with E-state index < -0.39 is 0 Å². The number of halogens is 1. The number of amides is 1. The molecule has 0 aliphatic rings. The van der Waals surface area contributed by atoms with Crippen molar-refractivity contribution in [3.05, 3.63) is 101 Å². The van der Waals surface area contributed by atoms with Gasteiger partial charge in [-0.3, -0.25) is 4.79 Å². The van der Waals surface area contributed by atoms with Gasteiger partial charge in [-0.1, -0.05) is 48.0 Å². The predicted molar refractivity (Wildman–Crippen MR) is 144 cm³/mol. The number of aryl methyl sites for hydroxylation is 1. The van der Waals surface area contributed by atoms with Crippen molar-refractivity contribution in [3.63, 3.8) is 0 Å². The minimum absolute atomic E-state index is 0.230. The number of carbonyl (C=O) groups excluding carboxylic acids is 1. The van der Waals surface area contributed by atoms with Gasteiger partial charge in [0, 0.05) is 38.9 Å². The van der Waals surface area contributed by atoms with E-state index in [1.807, 2.05) is 32.0 Å². The predicted octanol–water partition coefficient (Wildman–Crippen LogP) is 8.27. The molecule has 0 fully saturated rings. The van der Waals surface area contributed by atoms with Crippen LogP contribution in [0.2, 0.25) is 5.02 Å². The topological polar surface area (TPSA) is 51.5 Å². The summed E-state index contributed by atoms with van der Waals surface area (Å²) in [6.45, 7) is 3.87. The van der Waals surface area contributed by atoms with Gasteiger partial charge in [0.25, 0.3) is 0 Å². The molecule has 35 heavy (non-hydrogen) atoms. The summed E-state index contributed by atoms with van der Waals surface area (Å²) in [5, 5.41) is 6.82. The standard InChI is InChI=1S/C30H24ClNO3/c1-18(14-28(33)32-24-12-10-23(31)11-13-24)25-16-26-27(17-35-30(26)19(2)29(25)34-3)22-9-8-20-6-4-5-7-21(20)15-22/h4-17H,1-3H3,(H,32,33)/b18-14+. The molecule has 0 saturated carbocycles. The molecule has 0 aliphatic heterocycles. The maximum Gasteiger partial charge on any atom is 0.248 e. The zero-order chi connectivity index (χ0) is 24.5. The molecule has 0 saturated heterocycles. The lowest BCUT2D eigenvalue weighted by molar-refractivity contribution is -0.111. The average Bonchev–Trinajstić information content (AvgIpc) is 3.29. The van der Waals surface area contributed by atoms with E-state index in [-0.39, 0.29) is 5.91 Å². The number of carbonyl (C=O) groups is 1. The number of hydrogen-bond acceptors (Lipinski definition) is 3. The van der Waals surface area contributed by atoms with E-state index in [1.54, 1.807) is 43.7 Å². The lowest BCUT2D eigenvalue weighted by Crippen LogP contribution is -2.08. The van der Waals surface area contributed by atoms with Gasteiger partial charge in [0.1, 0.15) is 11.3 Å². The highest BCUT2D eigenvalue weighted by Gasteiger charge is 2.19. The molecule has 0 unspecified atom stereocenters. The van der Waals surface area contributed by atoms with Crippen molar-refractivity contribution in [1.29, 1.82) is 0 Å². The fraction of sp³-hybridized carbons (Fsp3) is 0.100. The number of rotatable bonds is 5. The van der Waals surface area contributed by atoms with Crippen LogP contribution in [0, 0.1) is 6.92 Å². The van der Waals surface area contributed by atoms with Crippen LogP contribution < -0.4 is 10.1 Å². The molecular formula is C30H24ClNO3. The van der Waals surface area contributed by atoms with E-state index in [0.29, 0.717) is 16.5 Å². The van der Waals surface area contributed by atoms with Crippen molar-refractivity contribution in [2.75, 3.05) is 12.4 Å². The smallest absolute Gasteiger partial charge is 0.248 e. The molecule has 1 amide bonds. The average molecular weight is 482 g/mol. The molecule has 5 rings (SSSR count). The van der Waals surface area contributed by atoms with E-state index in [0.717, 1.165) is 38.8 Å². The Morgan fingerprint density at radius 3 is 2.49 bits per heavy atom. The zero-order valence-electron chi connectivity index (χ0n) is 19.7. The first-order chi connectivity index (χ1) is 16.9. The Balaban J connectivity index is 1.57. The molecule has 0 spiro atoms. The second-order valence-corrected chi connectivity index (χ2v) is 8.93. The third-order valence-corrected chi connectivity index (χ3v) is 6.44. The van der Waals surface area contributed by atoms with E-state index in [2.05, 4.69) is 35.6 Å². The molecule has 1 heterocycles. The highest BCUT2D eigenvalue weighted by atomic mass is 35.5. The van der Waals surface area contributed by atoms with Crippen molar-refractivity contribution < 1.29 is 13.9 Å². The number of benzene rings is 4. The number of fused-ring (bicyclic) bond motifs is 2. The Hall–Kier alpha value is -4.02. The first-order valence-electron chi connectivity index (χ1n) is 11.3. The van der Waals surface area contributed by atoms with Crippen LogP contribution >= 0.6 is 11.6 Å². The van der Waals surface area contributed by atoms with Gasteiger partial charge < -0.3 is 14.5 Å². The van der Waals surface area contributed by atoms with Crippen molar-refractivity contribution in [3.8, 4) is 16.9 Å². The Kier molecular flexibility index (Phi) is 6.06. The largest absolute Gasteiger partial charge is 0.496 e. The lowest BCUT2D eigenvalue weighted by atomic mass is 9.95. The lowest BCUT2D eigenvalue weighted by Gasteiger charge is -2.13. The van der Waals surface area contributed by atoms with Gasteiger partial charge in [-0.2, -0.15) is 0 Å². The van der Waals surface area contributed by atoms with Crippen LogP contribution in [-0.4, -0.2) is 13.0 Å². The van der Waals surface area contributed by atoms with E-state index in [1.165, 1.54) is 10.8 Å². The van der Waals surface area contributed by atoms with Crippen LogP contribution in [0.15, 0.2) is 89.6 Å². The number of nitrogens with one attached hydrogen (secondary N) is 1. The van der Waals surface area contributed by atoms with Crippen molar-refractivity contribution in [2.45, 2.75) is 13.8 Å². The number of furan rings is 1. The monoisotopic (exact) mass is 481 g/mol. The molecule has 0 radical (unpaired) electrons. The first kappa shape index (κ1) is 22.8. The van der Waals surface area contributed by atoms with E-state index in [9.17, 15) is 4.79 Å². The third kappa shape index (κ3) is 4.41. The molecule has 0 aliphatic carbocycles. The SMILES string of the molecule is COc1c(/C(C)=C/C(=O)Nc2ccc(Cl)cc2)cc2c(-c3ccc4ccccc4c3)coc2c1C. The molecule has 5 heteroatoms. The Bertz CT molecular complexity index is 1600. The van der Waals surface area contributed by atoms with Crippen molar-refractivity contribution >= 4 is 50.5 Å². The fourth-order valence-electron chi connectivity index (χ4n) is 4.44. The van der Waals surface area contributed by atoms with Crippen LogP contribution in [0.1, 0.15) is 18.1 Å². The van der Waals surface area contributed by atoms with Crippen LogP contribution in [0.25, 0.3) is 38.4 Å². The van der Waals surface area contributed by atoms with E-state index in [4.69, 9.17) is 20.8 Å². The van der Waals surface area contributed by atoms with Crippen molar-refractivity contribution in [1.82, 2.24) is 0 Å². The maximum atomic E-state index is 12.7. The van der Waals surface area contributed by atoms with Crippen LogP contribution in [-0.2, 0) is 4.79 Å². The number of methoxy groups -OCH3 is 1.